The number of hydrogen-bond acceptors (Lipinski definition) is 7. The summed E-state index contributed by atoms with van der Waals surface area (Å²) in [5.41, 5.74) is 2.94. The largest absolute Gasteiger partial charge is 0.489 e. The minimum atomic E-state index is -0.306. The highest BCUT2D eigenvalue weighted by Gasteiger charge is 2.42. The molecule has 0 unspecified atom stereocenters. The van der Waals surface area contributed by atoms with E-state index >= 15 is 0 Å². The highest BCUT2D eigenvalue weighted by atomic mass is 19.1. The molecule has 8 nitrogen and oxygen atoms in total. The van der Waals surface area contributed by atoms with E-state index < -0.39 is 0 Å². The number of nitrogens with zero attached hydrogens (tertiary/aromatic N) is 4. The Bertz CT molecular complexity index is 1200. The predicted molar refractivity (Wildman–Crippen MR) is 112 cm³/mol. The van der Waals surface area contributed by atoms with Crippen LogP contribution in [0, 0.1) is 5.82 Å². The van der Waals surface area contributed by atoms with Crippen LogP contribution in [-0.4, -0.2) is 52.6 Å². The summed E-state index contributed by atoms with van der Waals surface area (Å²) in [6, 6.07) is 4.60. The fraction of sp³-hybridized carbons (Fsp3) is 0.364. The summed E-state index contributed by atoms with van der Waals surface area (Å²) in [6.45, 7) is 8.08. The van der Waals surface area contributed by atoms with Gasteiger partial charge in [-0.1, -0.05) is 6.58 Å². The SMILES string of the molecule is C=C1NC[C@H](C)Oc2ccc(F)cc2CN2c3nc4c1cnn4cc3O[C@H]1COC[C@H]12. The number of anilines is 1. The number of aromatic nitrogens is 3. The van der Waals surface area contributed by atoms with Crippen molar-refractivity contribution in [2.45, 2.75) is 31.7 Å². The standard InChI is InChI=1S/C22H22FN5O3/c1-12-6-24-13(2)16-7-25-28-9-19-22(26-21(16)28)27(17-10-29-11-20(17)31-19)8-14-5-15(23)3-4-18(14)30-12/h3-5,7,9,12,17,20,24H,2,6,8,10-11H2,1H3/t12-,17+,20-/m0/s1. The quantitative estimate of drug-likeness (QED) is 0.595. The van der Waals surface area contributed by atoms with E-state index in [9.17, 15) is 4.39 Å². The molecule has 3 atom stereocenters. The van der Waals surface area contributed by atoms with Crippen molar-refractivity contribution in [2.75, 3.05) is 24.7 Å². The van der Waals surface area contributed by atoms with Gasteiger partial charge >= 0.3 is 0 Å². The average Bonchev–Trinajstić information content (AvgIpc) is 3.38. The number of nitrogens with one attached hydrogen (secondary N) is 1. The molecule has 31 heavy (non-hydrogen) atoms. The van der Waals surface area contributed by atoms with Crippen LogP contribution in [0.4, 0.5) is 10.2 Å². The zero-order valence-electron chi connectivity index (χ0n) is 17.0. The number of hydrogen-bond donors (Lipinski definition) is 1. The molecule has 9 heteroatoms. The highest BCUT2D eigenvalue weighted by Crippen LogP contribution is 2.39. The maximum Gasteiger partial charge on any atom is 0.180 e. The Morgan fingerprint density at radius 1 is 1.23 bits per heavy atom. The van der Waals surface area contributed by atoms with E-state index in [2.05, 4.69) is 21.9 Å². The number of fused-ring (bicyclic) bond motifs is 3. The molecule has 1 fully saturated rings. The topological polar surface area (TPSA) is 73.2 Å². The maximum atomic E-state index is 14.2. The zero-order chi connectivity index (χ0) is 21.1. The molecule has 2 aromatic heterocycles. The van der Waals surface area contributed by atoms with Crippen LogP contribution in [0.5, 0.6) is 11.5 Å². The van der Waals surface area contributed by atoms with E-state index in [1.165, 1.54) is 12.1 Å². The Hall–Kier alpha value is -3.33. The minimum Gasteiger partial charge on any atom is -0.489 e. The smallest absolute Gasteiger partial charge is 0.180 e. The van der Waals surface area contributed by atoms with Crippen LogP contribution >= 0.6 is 0 Å². The Morgan fingerprint density at radius 3 is 3.03 bits per heavy atom. The van der Waals surface area contributed by atoms with E-state index in [-0.39, 0.29) is 24.1 Å². The summed E-state index contributed by atoms with van der Waals surface area (Å²) in [5.74, 6) is 1.64. The molecule has 0 aliphatic carbocycles. The van der Waals surface area contributed by atoms with Gasteiger partial charge in [0.15, 0.2) is 17.2 Å². The molecule has 1 saturated heterocycles. The van der Waals surface area contributed by atoms with Crippen molar-refractivity contribution in [3.8, 4) is 11.5 Å². The van der Waals surface area contributed by atoms with E-state index in [0.29, 0.717) is 55.0 Å². The van der Waals surface area contributed by atoms with E-state index in [1.54, 1.807) is 16.8 Å². The van der Waals surface area contributed by atoms with Crippen LogP contribution in [0.1, 0.15) is 18.1 Å². The van der Waals surface area contributed by atoms with Gasteiger partial charge in [0.05, 0.1) is 43.8 Å². The molecule has 0 saturated carbocycles. The Kier molecular flexibility index (Phi) is 4.07. The number of ether oxygens (including phenoxy) is 3. The highest BCUT2D eigenvalue weighted by molar-refractivity contribution is 5.75. The number of benzene rings is 1. The van der Waals surface area contributed by atoms with Crippen LogP contribution in [0.3, 0.4) is 0 Å². The molecule has 3 aliphatic rings. The van der Waals surface area contributed by atoms with Crippen molar-refractivity contribution >= 4 is 17.2 Å². The third-order valence-corrected chi connectivity index (χ3v) is 6.01. The zero-order valence-corrected chi connectivity index (χ0v) is 17.0. The molecule has 0 radical (unpaired) electrons. The van der Waals surface area contributed by atoms with Crippen LogP contribution in [0.15, 0.2) is 37.2 Å². The van der Waals surface area contributed by atoms with E-state index in [4.69, 9.17) is 19.2 Å². The second-order valence-electron chi connectivity index (χ2n) is 8.18. The van der Waals surface area contributed by atoms with Gasteiger partial charge in [-0.2, -0.15) is 5.10 Å². The van der Waals surface area contributed by atoms with Gasteiger partial charge in [-0.3, -0.25) is 0 Å². The lowest BCUT2D eigenvalue weighted by molar-refractivity contribution is 0.136. The molecular formula is C22H22FN5O3. The lowest BCUT2D eigenvalue weighted by atomic mass is 10.1. The summed E-state index contributed by atoms with van der Waals surface area (Å²) in [6.07, 6.45) is 3.28. The lowest BCUT2D eigenvalue weighted by Gasteiger charge is -2.38. The first-order chi connectivity index (χ1) is 15.1. The molecule has 2 bridgehead atoms. The van der Waals surface area contributed by atoms with Gasteiger partial charge in [0.2, 0.25) is 0 Å². The summed E-state index contributed by atoms with van der Waals surface area (Å²) in [7, 11) is 0. The first-order valence-electron chi connectivity index (χ1n) is 10.3. The molecule has 160 valence electrons. The average molecular weight is 423 g/mol. The summed E-state index contributed by atoms with van der Waals surface area (Å²) < 4.78 is 34.0. The van der Waals surface area contributed by atoms with Crippen LogP contribution in [-0.2, 0) is 11.3 Å². The second kappa shape index (κ2) is 6.84. The third-order valence-electron chi connectivity index (χ3n) is 6.01. The van der Waals surface area contributed by atoms with Crippen molar-refractivity contribution in [3.63, 3.8) is 0 Å². The first kappa shape index (κ1) is 18.4. The molecule has 1 N–H and O–H groups in total. The van der Waals surface area contributed by atoms with Crippen molar-refractivity contribution < 1.29 is 18.6 Å². The molecule has 5 heterocycles. The maximum absolute atomic E-state index is 14.2. The summed E-state index contributed by atoms with van der Waals surface area (Å²) >= 11 is 0. The monoisotopic (exact) mass is 423 g/mol. The second-order valence-corrected chi connectivity index (χ2v) is 8.18. The Labute approximate surface area is 178 Å². The minimum absolute atomic E-state index is 0.0335. The van der Waals surface area contributed by atoms with E-state index in [1.807, 2.05) is 13.1 Å². The van der Waals surface area contributed by atoms with Crippen molar-refractivity contribution in [3.05, 3.63) is 54.1 Å². The van der Waals surface area contributed by atoms with Gasteiger partial charge in [0.25, 0.3) is 0 Å². The van der Waals surface area contributed by atoms with Gasteiger partial charge in [-0.05, 0) is 25.1 Å². The van der Waals surface area contributed by atoms with Crippen LogP contribution in [0.2, 0.25) is 0 Å². The van der Waals surface area contributed by atoms with Gasteiger partial charge in [-0.15, -0.1) is 0 Å². The Balaban J connectivity index is 1.56. The Morgan fingerprint density at radius 2 is 2.13 bits per heavy atom. The molecular weight excluding hydrogens is 401 g/mol. The molecule has 6 rings (SSSR count). The van der Waals surface area contributed by atoms with Crippen molar-refractivity contribution in [1.82, 2.24) is 19.9 Å². The molecule has 3 aliphatic heterocycles. The van der Waals surface area contributed by atoms with Crippen molar-refractivity contribution in [2.24, 2.45) is 0 Å². The molecule has 1 aromatic carbocycles. The normalized spacial score (nSPS) is 24.9. The summed E-state index contributed by atoms with van der Waals surface area (Å²) in [5, 5.41) is 7.74. The first-order valence-corrected chi connectivity index (χ1v) is 10.3. The molecule has 0 spiro atoms. The van der Waals surface area contributed by atoms with E-state index in [0.717, 1.165) is 11.1 Å². The van der Waals surface area contributed by atoms with Crippen LogP contribution < -0.4 is 19.7 Å². The molecule has 3 aromatic rings. The van der Waals surface area contributed by atoms with Gasteiger partial charge in [0.1, 0.15) is 23.8 Å². The fourth-order valence-electron chi connectivity index (χ4n) is 4.42. The molecule has 0 amide bonds. The fourth-order valence-corrected chi connectivity index (χ4v) is 4.42. The van der Waals surface area contributed by atoms with Gasteiger partial charge < -0.3 is 24.4 Å². The third kappa shape index (κ3) is 2.99. The van der Waals surface area contributed by atoms with Gasteiger partial charge in [0, 0.05) is 17.8 Å². The summed E-state index contributed by atoms with van der Waals surface area (Å²) in [4.78, 5) is 7.05. The van der Waals surface area contributed by atoms with Crippen LogP contribution in [0.25, 0.3) is 11.3 Å². The van der Waals surface area contributed by atoms with Crippen molar-refractivity contribution in [1.29, 1.82) is 0 Å². The lowest BCUT2D eigenvalue weighted by Crippen LogP contribution is -2.49. The number of rotatable bonds is 0. The van der Waals surface area contributed by atoms with Gasteiger partial charge in [-0.25, -0.2) is 13.9 Å². The predicted octanol–water partition coefficient (Wildman–Crippen LogP) is 2.38. The number of halogens is 1.